The van der Waals surface area contributed by atoms with Gasteiger partial charge in [0.15, 0.2) is 4.77 Å². The SMILES string of the molecule is CCn1c(O)c(/C=C/c2nc3ccccc3n2CC(=O)NS(C)(=O)=O)c(=O)n(CC)c1=S. The molecule has 0 spiro atoms. The summed E-state index contributed by atoms with van der Waals surface area (Å²) in [5, 5.41) is 10.6. The summed E-state index contributed by atoms with van der Waals surface area (Å²) < 4.78 is 29.3. The van der Waals surface area contributed by atoms with E-state index in [1.54, 1.807) is 38.1 Å². The molecule has 0 aliphatic carbocycles. The van der Waals surface area contributed by atoms with Crippen LogP contribution in [0.25, 0.3) is 23.2 Å². The number of hydrogen-bond donors (Lipinski definition) is 2. The van der Waals surface area contributed by atoms with Gasteiger partial charge in [-0.05, 0) is 50.4 Å². The maximum atomic E-state index is 12.8. The van der Waals surface area contributed by atoms with Gasteiger partial charge in [-0.2, -0.15) is 0 Å². The lowest BCUT2D eigenvalue weighted by Crippen LogP contribution is -2.32. The van der Waals surface area contributed by atoms with Gasteiger partial charge in [-0.1, -0.05) is 12.1 Å². The fourth-order valence-corrected chi connectivity index (χ4v) is 4.25. The molecule has 2 aromatic heterocycles. The summed E-state index contributed by atoms with van der Waals surface area (Å²) >= 11 is 5.29. The Morgan fingerprint density at radius 3 is 2.44 bits per heavy atom. The van der Waals surface area contributed by atoms with Gasteiger partial charge in [0.2, 0.25) is 15.9 Å². The van der Waals surface area contributed by atoms with Gasteiger partial charge < -0.3 is 9.67 Å². The van der Waals surface area contributed by atoms with Crippen molar-refractivity contribution < 1.29 is 18.3 Å². The minimum atomic E-state index is -3.72. The second-order valence-electron chi connectivity index (χ2n) is 6.99. The topological polar surface area (TPSA) is 128 Å². The summed E-state index contributed by atoms with van der Waals surface area (Å²) in [6.07, 6.45) is 3.80. The predicted octanol–water partition coefficient (Wildman–Crippen LogP) is 1.72. The Hall–Kier alpha value is -3.25. The Bertz CT molecular complexity index is 1450. The fraction of sp³-hybridized carbons (Fsp3) is 0.300. The van der Waals surface area contributed by atoms with E-state index in [9.17, 15) is 23.1 Å². The van der Waals surface area contributed by atoms with E-state index in [0.29, 0.717) is 29.9 Å². The number of para-hydroxylation sites is 2. The number of imidazole rings is 1. The molecule has 170 valence electrons. The number of nitrogens with zero attached hydrogens (tertiary/aromatic N) is 4. The maximum absolute atomic E-state index is 12.8. The summed E-state index contributed by atoms with van der Waals surface area (Å²) in [6.45, 7) is 3.98. The number of carbonyl (C=O) groups excluding carboxylic acids is 1. The maximum Gasteiger partial charge on any atom is 0.265 e. The lowest BCUT2D eigenvalue weighted by Gasteiger charge is -2.13. The van der Waals surface area contributed by atoms with Crippen molar-refractivity contribution in [3.8, 4) is 5.88 Å². The summed E-state index contributed by atoms with van der Waals surface area (Å²) in [5.74, 6) is -0.691. The molecule has 0 bridgehead atoms. The number of rotatable bonds is 7. The largest absolute Gasteiger partial charge is 0.494 e. The molecule has 0 fully saturated rings. The molecule has 3 rings (SSSR count). The molecular formula is C20H23N5O5S2. The van der Waals surface area contributed by atoms with Gasteiger partial charge in [0.1, 0.15) is 17.9 Å². The molecule has 0 radical (unpaired) electrons. The molecule has 3 aromatic rings. The van der Waals surface area contributed by atoms with E-state index < -0.39 is 21.5 Å². The first-order valence-electron chi connectivity index (χ1n) is 9.78. The van der Waals surface area contributed by atoms with E-state index in [2.05, 4.69) is 4.98 Å². The van der Waals surface area contributed by atoms with Crippen LogP contribution in [0, 0.1) is 4.77 Å². The van der Waals surface area contributed by atoms with Gasteiger partial charge >= 0.3 is 0 Å². The van der Waals surface area contributed by atoms with E-state index in [4.69, 9.17) is 12.2 Å². The molecule has 32 heavy (non-hydrogen) atoms. The molecule has 0 aliphatic rings. The first kappa shape index (κ1) is 23.4. The summed E-state index contributed by atoms with van der Waals surface area (Å²) in [4.78, 5) is 29.5. The molecule has 1 aromatic carbocycles. The standard InChI is InChI=1S/C20H23N5O5S2/c1-4-23-18(27)13(19(28)24(5-2)20(23)31)10-11-16-21-14-8-6-7-9-15(14)25(16)12-17(26)22-32(3,29)30/h6-11,27H,4-5,12H2,1-3H3,(H,22,26)/b11-10+. The third-order valence-corrected chi connectivity index (χ3v) is 5.79. The van der Waals surface area contributed by atoms with Crippen LogP contribution in [-0.2, 0) is 34.5 Å². The highest BCUT2D eigenvalue weighted by molar-refractivity contribution is 7.89. The molecule has 0 unspecified atom stereocenters. The number of sulfonamides is 1. The Morgan fingerprint density at radius 1 is 1.16 bits per heavy atom. The number of amides is 1. The second kappa shape index (κ2) is 9.09. The molecule has 12 heteroatoms. The van der Waals surface area contributed by atoms with Crippen molar-refractivity contribution in [1.82, 2.24) is 23.4 Å². The molecule has 0 atom stereocenters. The molecule has 0 saturated heterocycles. The lowest BCUT2D eigenvalue weighted by molar-refractivity contribution is -0.119. The van der Waals surface area contributed by atoms with E-state index in [-0.39, 0.29) is 22.8 Å². The summed E-state index contributed by atoms with van der Waals surface area (Å²) in [5.41, 5.74) is 0.768. The Morgan fingerprint density at radius 2 is 1.81 bits per heavy atom. The highest BCUT2D eigenvalue weighted by atomic mass is 32.2. The summed E-state index contributed by atoms with van der Waals surface area (Å²) in [6, 6.07) is 7.03. The van der Waals surface area contributed by atoms with Crippen molar-refractivity contribution in [3.63, 3.8) is 0 Å². The second-order valence-corrected chi connectivity index (χ2v) is 9.10. The number of carbonyl (C=O) groups is 1. The van der Waals surface area contributed by atoms with E-state index in [1.165, 1.54) is 25.9 Å². The van der Waals surface area contributed by atoms with Gasteiger partial charge in [0.05, 0.1) is 17.3 Å². The number of aromatic hydroxyl groups is 1. The van der Waals surface area contributed by atoms with Gasteiger partial charge in [0, 0.05) is 13.1 Å². The quantitative estimate of drug-likeness (QED) is 0.496. The van der Waals surface area contributed by atoms with E-state index in [1.807, 2.05) is 4.72 Å². The van der Waals surface area contributed by atoms with Crippen molar-refractivity contribution in [2.75, 3.05) is 6.26 Å². The van der Waals surface area contributed by atoms with E-state index >= 15 is 0 Å². The zero-order valence-electron chi connectivity index (χ0n) is 17.8. The molecule has 2 N–H and O–H groups in total. The van der Waals surface area contributed by atoms with Gasteiger partial charge in [-0.15, -0.1) is 0 Å². The third kappa shape index (κ3) is 4.65. The first-order valence-corrected chi connectivity index (χ1v) is 12.1. The van der Waals surface area contributed by atoms with Gasteiger partial charge in [-0.25, -0.2) is 13.4 Å². The minimum Gasteiger partial charge on any atom is -0.494 e. The van der Waals surface area contributed by atoms with Crippen molar-refractivity contribution >= 4 is 51.3 Å². The highest BCUT2D eigenvalue weighted by Crippen LogP contribution is 2.20. The average molecular weight is 478 g/mol. The minimum absolute atomic E-state index is 0.0292. The van der Waals surface area contributed by atoms with Gasteiger partial charge in [0.25, 0.3) is 11.5 Å². The molecule has 10 nitrogen and oxygen atoms in total. The van der Waals surface area contributed by atoms with Crippen LogP contribution < -0.4 is 10.3 Å². The van der Waals surface area contributed by atoms with Crippen molar-refractivity contribution in [2.45, 2.75) is 33.5 Å². The van der Waals surface area contributed by atoms with Crippen LogP contribution in [0.3, 0.4) is 0 Å². The average Bonchev–Trinajstić information content (AvgIpc) is 3.04. The molecule has 2 heterocycles. The van der Waals surface area contributed by atoms with Crippen molar-refractivity contribution in [3.05, 3.63) is 50.8 Å². The summed E-state index contributed by atoms with van der Waals surface area (Å²) in [7, 11) is -3.72. The molecular weight excluding hydrogens is 454 g/mol. The smallest absolute Gasteiger partial charge is 0.265 e. The Balaban J connectivity index is 2.13. The van der Waals surface area contributed by atoms with Crippen LogP contribution in [0.1, 0.15) is 25.2 Å². The highest BCUT2D eigenvalue weighted by Gasteiger charge is 2.16. The molecule has 1 amide bonds. The van der Waals surface area contributed by atoms with Crippen molar-refractivity contribution in [1.29, 1.82) is 0 Å². The van der Waals surface area contributed by atoms with Crippen molar-refractivity contribution in [2.24, 2.45) is 0 Å². The van der Waals surface area contributed by atoms with Crippen LogP contribution in [0.4, 0.5) is 0 Å². The Kier molecular flexibility index (Phi) is 6.65. The monoisotopic (exact) mass is 477 g/mol. The number of benzene rings is 1. The van der Waals surface area contributed by atoms with Crippen LogP contribution in [0.2, 0.25) is 0 Å². The van der Waals surface area contributed by atoms with Crippen LogP contribution in [0.15, 0.2) is 29.1 Å². The van der Waals surface area contributed by atoms with Crippen LogP contribution in [-0.4, -0.2) is 44.4 Å². The van der Waals surface area contributed by atoms with Gasteiger partial charge in [-0.3, -0.25) is 23.4 Å². The Labute approximate surface area is 189 Å². The molecule has 0 saturated carbocycles. The third-order valence-electron chi connectivity index (χ3n) is 4.75. The normalized spacial score (nSPS) is 12.0. The number of nitrogens with one attached hydrogen (secondary N) is 1. The van der Waals surface area contributed by atoms with E-state index in [0.717, 1.165) is 6.26 Å². The predicted molar refractivity (Wildman–Crippen MR) is 124 cm³/mol. The zero-order valence-corrected chi connectivity index (χ0v) is 19.4. The molecule has 0 aliphatic heterocycles. The fourth-order valence-electron chi connectivity index (χ4n) is 3.35. The lowest BCUT2D eigenvalue weighted by atomic mass is 10.2. The number of fused-ring (bicyclic) bond motifs is 1. The number of hydrogen-bond acceptors (Lipinski definition) is 7. The first-order chi connectivity index (χ1) is 15.1. The zero-order chi connectivity index (χ0) is 23.6. The van der Waals surface area contributed by atoms with Crippen LogP contribution >= 0.6 is 12.2 Å². The van der Waals surface area contributed by atoms with Crippen LogP contribution in [0.5, 0.6) is 5.88 Å². The number of aromatic nitrogens is 4.